The van der Waals surface area contributed by atoms with Gasteiger partial charge in [-0.15, -0.1) is 0 Å². The number of morpholine rings is 1. The highest BCUT2D eigenvalue weighted by Gasteiger charge is 2.51. The highest BCUT2D eigenvalue weighted by Crippen LogP contribution is 2.50. The van der Waals surface area contributed by atoms with Crippen LogP contribution in [0.25, 0.3) is 0 Å². The Hall–Kier alpha value is -2.41. The molecule has 53 heavy (non-hydrogen) atoms. The number of hydrogen-bond acceptors (Lipinski definition) is 9. The van der Waals surface area contributed by atoms with Crippen LogP contribution in [-0.4, -0.2) is 120 Å². The molecule has 8 rings (SSSR count). The zero-order valence-electron chi connectivity index (χ0n) is 31.8. The van der Waals surface area contributed by atoms with Gasteiger partial charge in [-0.2, -0.15) is 0 Å². The average Bonchev–Trinajstić information content (AvgIpc) is 3.28. The maximum absolute atomic E-state index is 14.1. The Balaban J connectivity index is 1.17. The predicted molar refractivity (Wildman–Crippen MR) is 212 cm³/mol. The number of fused-ring (bicyclic) bond motifs is 5. The summed E-state index contributed by atoms with van der Waals surface area (Å²) < 4.78 is 36.3. The van der Waals surface area contributed by atoms with Crippen LogP contribution in [0.2, 0.25) is 5.02 Å². The van der Waals surface area contributed by atoms with Crippen LogP contribution in [0.15, 0.2) is 30.3 Å². The van der Waals surface area contributed by atoms with E-state index in [1.807, 2.05) is 26.2 Å². The van der Waals surface area contributed by atoms with E-state index < -0.39 is 15.6 Å². The Morgan fingerprint density at radius 3 is 2.77 bits per heavy atom. The Kier molecular flexibility index (Phi) is 10.6. The van der Waals surface area contributed by atoms with Crippen molar-refractivity contribution in [2.75, 3.05) is 77.6 Å². The van der Waals surface area contributed by atoms with Crippen LogP contribution >= 0.6 is 11.6 Å². The predicted octanol–water partition coefficient (Wildman–Crippen LogP) is 5.21. The van der Waals surface area contributed by atoms with Gasteiger partial charge in [-0.3, -0.25) is 19.3 Å². The average molecular weight is 768 g/mol. The van der Waals surface area contributed by atoms with E-state index in [0.717, 1.165) is 115 Å². The van der Waals surface area contributed by atoms with Crippen molar-refractivity contribution in [3.63, 3.8) is 0 Å². The van der Waals surface area contributed by atoms with Gasteiger partial charge >= 0.3 is 0 Å². The standard InChI is InChI=1S/C41H58ClN5O5S/c1-28-7-5-16-41(50-3,26-45-17-18-46-19-20-51-24-33(46)23-45)35-11-9-31(35)22-47-25-40(15-6-8-30-21-32(42)10-12-34(30)40)27-52-37-14-13-36(43-38(37)47)39(48)44-53(4,49)29(28)2/h10,12-14,21,28-29,31,33,35H,4-9,11,15-20,22-27H2,1-3H3,(H,44,48,49)/t28-,29+,31-,33-,35+,40-,41+,53?/m0/s1. The first-order valence-electron chi connectivity index (χ1n) is 19.9. The van der Waals surface area contributed by atoms with E-state index in [4.69, 9.17) is 30.8 Å². The molecule has 1 aromatic carbocycles. The molecule has 2 saturated heterocycles. The molecule has 1 unspecified atom stereocenters. The number of nitrogens with zero attached hydrogens (tertiary/aromatic N) is 4. The van der Waals surface area contributed by atoms with E-state index >= 15 is 0 Å². The summed E-state index contributed by atoms with van der Waals surface area (Å²) in [5.74, 6) is 5.82. The fourth-order valence-electron chi connectivity index (χ4n) is 10.5. The van der Waals surface area contributed by atoms with Crippen molar-refractivity contribution in [2.45, 2.75) is 87.5 Å². The fraction of sp³-hybridized carbons (Fsp3) is 0.683. The van der Waals surface area contributed by atoms with E-state index in [-0.39, 0.29) is 27.9 Å². The molecule has 2 bridgehead atoms. The monoisotopic (exact) mass is 767 g/mol. The number of piperazine rings is 1. The summed E-state index contributed by atoms with van der Waals surface area (Å²) in [5.41, 5.74) is 2.24. The molecular weight excluding hydrogens is 710 g/mol. The molecule has 8 atom stereocenters. The number of hydrogen-bond donors (Lipinski definition) is 1. The zero-order valence-corrected chi connectivity index (χ0v) is 33.4. The van der Waals surface area contributed by atoms with Crippen molar-refractivity contribution in [3.05, 3.63) is 52.2 Å². The van der Waals surface area contributed by atoms with Gasteiger partial charge in [-0.25, -0.2) is 9.19 Å². The van der Waals surface area contributed by atoms with Crippen LogP contribution in [-0.2, 0) is 31.0 Å². The van der Waals surface area contributed by atoms with Gasteiger partial charge in [0, 0.05) is 74.7 Å². The number of ether oxygens (including phenoxy) is 3. The Labute approximate surface area is 321 Å². The summed E-state index contributed by atoms with van der Waals surface area (Å²) in [7, 11) is -1.03. The van der Waals surface area contributed by atoms with E-state index in [2.05, 4.69) is 44.3 Å². The molecule has 1 amide bonds. The third-order valence-electron chi connectivity index (χ3n) is 14.0. The molecule has 1 aromatic heterocycles. The van der Waals surface area contributed by atoms with Gasteiger partial charge in [-0.1, -0.05) is 31.0 Å². The molecule has 6 aliphatic rings. The van der Waals surface area contributed by atoms with Crippen molar-refractivity contribution < 1.29 is 23.2 Å². The van der Waals surface area contributed by atoms with E-state index in [0.29, 0.717) is 36.1 Å². The third kappa shape index (κ3) is 7.24. The maximum Gasteiger partial charge on any atom is 0.281 e. The molecular formula is C41H58ClN5O5S. The molecule has 1 saturated carbocycles. The quantitative estimate of drug-likeness (QED) is 0.423. The van der Waals surface area contributed by atoms with Crippen LogP contribution in [0, 0.1) is 17.8 Å². The number of pyridine rings is 1. The molecule has 4 aliphatic heterocycles. The lowest BCUT2D eigenvalue weighted by Gasteiger charge is -2.54. The summed E-state index contributed by atoms with van der Waals surface area (Å²) in [6.45, 7) is 12.7. The number of halogens is 1. The van der Waals surface area contributed by atoms with Gasteiger partial charge in [0.1, 0.15) is 5.69 Å². The van der Waals surface area contributed by atoms with Crippen molar-refractivity contribution >= 4 is 38.9 Å². The SMILES string of the molecule is C=S1(=O)NC(=O)c2ccc3c(n2)N(C[C@@H]2CC[C@H]2[C@@](CN2CCN4CCOC[C@@H]4C2)(OC)CCC[C@H](C)[C@H]1C)C[C@@]1(CCCc2cc(Cl)ccc21)CO3. The first kappa shape index (κ1) is 37.5. The number of nitrogens with one attached hydrogen (secondary N) is 1. The van der Waals surface area contributed by atoms with Gasteiger partial charge in [0.05, 0.1) is 35.1 Å². The van der Waals surface area contributed by atoms with Crippen molar-refractivity contribution in [2.24, 2.45) is 17.8 Å². The number of carbonyl (C=O) groups excluding carboxylic acids is 1. The second-order valence-corrected chi connectivity index (χ2v) is 19.9. The van der Waals surface area contributed by atoms with Gasteiger partial charge in [-0.05, 0) is 111 Å². The van der Waals surface area contributed by atoms with Crippen molar-refractivity contribution in [3.8, 4) is 5.75 Å². The molecule has 12 heteroatoms. The van der Waals surface area contributed by atoms with Gasteiger partial charge in [0.2, 0.25) is 0 Å². The summed E-state index contributed by atoms with van der Waals surface area (Å²) in [6.07, 6.45) is 8.02. The van der Waals surface area contributed by atoms with E-state index in [1.165, 1.54) is 11.1 Å². The molecule has 3 fully saturated rings. The first-order valence-corrected chi connectivity index (χ1v) is 22.1. The van der Waals surface area contributed by atoms with Gasteiger partial charge in [0.15, 0.2) is 11.6 Å². The Morgan fingerprint density at radius 2 is 1.96 bits per heavy atom. The third-order valence-corrected chi connectivity index (χ3v) is 16.4. The van der Waals surface area contributed by atoms with Crippen LogP contribution in [0.4, 0.5) is 5.82 Å². The molecule has 2 aliphatic carbocycles. The number of aryl methyl sites for hydroxylation is 1. The summed E-state index contributed by atoms with van der Waals surface area (Å²) in [6, 6.07) is 10.3. The maximum atomic E-state index is 14.1. The molecule has 2 aromatic rings. The highest BCUT2D eigenvalue weighted by molar-refractivity contribution is 7.99. The van der Waals surface area contributed by atoms with E-state index in [1.54, 1.807) is 6.07 Å². The van der Waals surface area contributed by atoms with E-state index in [9.17, 15) is 9.00 Å². The minimum absolute atomic E-state index is 0.0937. The summed E-state index contributed by atoms with van der Waals surface area (Å²) in [4.78, 5) is 26.5. The lowest BCUT2D eigenvalue weighted by atomic mass is 9.62. The topological polar surface area (TPSA) is 96.5 Å². The smallest absolute Gasteiger partial charge is 0.281 e. The second kappa shape index (κ2) is 14.9. The minimum atomic E-state index is -2.96. The minimum Gasteiger partial charge on any atom is -0.489 e. The summed E-state index contributed by atoms with van der Waals surface area (Å²) >= 11 is 6.52. The van der Waals surface area contributed by atoms with Crippen LogP contribution < -0.4 is 14.4 Å². The van der Waals surface area contributed by atoms with Crippen LogP contribution in [0.3, 0.4) is 0 Å². The Bertz CT molecular complexity index is 1800. The largest absolute Gasteiger partial charge is 0.489 e. The number of carbonyl (C=O) groups is 1. The van der Waals surface area contributed by atoms with Crippen molar-refractivity contribution in [1.29, 1.82) is 0 Å². The zero-order chi connectivity index (χ0) is 37.0. The lowest BCUT2D eigenvalue weighted by Crippen LogP contribution is -2.63. The number of amides is 1. The normalized spacial score (nSPS) is 36.9. The lowest BCUT2D eigenvalue weighted by molar-refractivity contribution is -0.140. The number of anilines is 1. The van der Waals surface area contributed by atoms with Crippen molar-refractivity contribution in [1.82, 2.24) is 19.5 Å². The number of benzene rings is 1. The van der Waals surface area contributed by atoms with Crippen LogP contribution in [0.5, 0.6) is 5.75 Å². The molecule has 10 nitrogen and oxygen atoms in total. The second-order valence-electron chi connectivity index (χ2n) is 17.1. The molecule has 1 spiro atoms. The number of aromatic nitrogens is 1. The first-order chi connectivity index (χ1) is 25.5. The van der Waals surface area contributed by atoms with Crippen LogP contribution in [0.1, 0.15) is 80.4 Å². The molecule has 5 heterocycles. The molecule has 290 valence electrons. The highest BCUT2D eigenvalue weighted by atomic mass is 35.5. The number of methoxy groups -OCH3 is 1. The van der Waals surface area contributed by atoms with Gasteiger partial charge < -0.3 is 19.1 Å². The molecule has 0 radical (unpaired) electrons. The fourth-order valence-corrected chi connectivity index (χ4v) is 12.2. The van der Waals surface area contributed by atoms with Gasteiger partial charge in [0.25, 0.3) is 5.91 Å². The summed E-state index contributed by atoms with van der Waals surface area (Å²) in [5, 5.41) is 0.449. The molecule has 1 N–H and O–H groups in total. The number of rotatable bonds is 3. The Morgan fingerprint density at radius 1 is 1.09 bits per heavy atom.